The van der Waals surface area contributed by atoms with E-state index in [4.69, 9.17) is 27.7 Å². The van der Waals surface area contributed by atoms with Crippen LogP contribution in [0.3, 0.4) is 0 Å². The predicted octanol–water partition coefficient (Wildman–Crippen LogP) is -1.28. The Hall–Kier alpha value is -0.290. The molecule has 0 heterocycles. The summed E-state index contributed by atoms with van der Waals surface area (Å²) >= 11 is 0. The molecule has 120 valence electrons. The predicted molar refractivity (Wildman–Crippen MR) is 69.9 cm³/mol. The van der Waals surface area contributed by atoms with Crippen LogP contribution in [0.25, 0.3) is 0 Å². The summed E-state index contributed by atoms with van der Waals surface area (Å²) in [5, 5.41) is 17.7. The number of aliphatic hydroxyl groups excluding tert-OH is 2. The molecule has 0 aliphatic rings. The molecule has 8 nitrogen and oxygen atoms in total. The Balaban J connectivity index is -0.000000206. The maximum absolute atomic E-state index is 8.86. The summed E-state index contributed by atoms with van der Waals surface area (Å²) < 4.78 is 35.3. The molecule has 0 aliphatic carbocycles. The lowest BCUT2D eigenvalue weighted by atomic mass is 10.5. The minimum absolute atomic E-state index is 0.264. The molecule has 19 heavy (non-hydrogen) atoms. The van der Waals surface area contributed by atoms with Crippen molar-refractivity contribution in [2.24, 2.45) is 0 Å². The average Bonchev–Trinajstić information content (AvgIpc) is 1.97. The van der Waals surface area contributed by atoms with Crippen LogP contribution >= 0.6 is 0 Å². The van der Waals surface area contributed by atoms with Gasteiger partial charge in [-0.05, 0) is 0 Å². The fraction of sp³-hybridized carbons (Fsp3) is 1.00. The van der Waals surface area contributed by atoms with Gasteiger partial charge in [-0.25, -0.2) is 0 Å². The molecular weight excluding hydrogens is 276 g/mol. The SMILES string of the molecule is CC(O)[N+](C)(C)C.CC(O)[N+](C)(C)C.O=S(=O)([O-])[O-]. The van der Waals surface area contributed by atoms with E-state index in [0.717, 1.165) is 0 Å². The van der Waals surface area contributed by atoms with Crippen LogP contribution in [0.1, 0.15) is 13.8 Å². The van der Waals surface area contributed by atoms with Gasteiger partial charge in [0.2, 0.25) is 0 Å². The van der Waals surface area contributed by atoms with Crippen molar-refractivity contribution in [3.05, 3.63) is 0 Å². The van der Waals surface area contributed by atoms with E-state index in [1.54, 1.807) is 13.8 Å². The van der Waals surface area contributed by atoms with Crippen LogP contribution in [0.2, 0.25) is 0 Å². The Morgan fingerprint density at radius 2 is 0.842 bits per heavy atom. The Morgan fingerprint density at radius 3 is 0.842 bits per heavy atom. The number of quaternary nitrogens is 2. The number of hydrogen-bond donors (Lipinski definition) is 2. The molecule has 0 aromatic heterocycles. The average molecular weight is 304 g/mol. The third-order valence-corrected chi connectivity index (χ3v) is 2.24. The summed E-state index contributed by atoms with van der Waals surface area (Å²) in [4.78, 5) is 0. The summed E-state index contributed by atoms with van der Waals surface area (Å²) in [7, 11) is 6.53. The van der Waals surface area contributed by atoms with Gasteiger partial charge >= 0.3 is 0 Å². The molecule has 0 spiro atoms. The second kappa shape index (κ2) is 8.80. The summed E-state index contributed by atoms with van der Waals surface area (Å²) in [6.07, 6.45) is -0.528. The summed E-state index contributed by atoms with van der Waals surface area (Å²) in [6, 6.07) is 0. The van der Waals surface area contributed by atoms with Crippen LogP contribution in [0.4, 0.5) is 0 Å². The molecule has 0 saturated heterocycles. The standard InChI is InChI=1S/2C5H14NO.H2O4S/c2*1-5(7)6(2,3)4;1-5(2,3)4/h2*5,7H,1-4H3;(H2,1,2,3,4)/q2*+1;/p-2. The van der Waals surface area contributed by atoms with Gasteiger partial charge in [-0.2, -0.15) is 0 Å². The molecule has 0 amide bonds. The molecule has 0 radical (unpaired) electrons. The van der Waals surface area contributed by atoms with E-state index in [2.05, 4.69) is 0 Å². The molecule has 0 aromatic rings. The fourth-order valence-electron chi connectivity index (χ4n) is 0. The second-order valence-corrected chi connectivity index (χ2v) is 6.72. The third kappa shape index (κ3) is 31.9. The quantitative estimate of drug-likeness (QED) is 0.284. The van der Waals surface area contributed by atoms with Crippen molar-refractivity contribution < 1.29 is 36.7 Å². The van der Waals surface area contributed by atoms with Gasteiger partial charge in [-0.3, -0.25) is 8.42 Å². The minimum atomic E-state index is -5.17. The molecule has 2 atom stereocenters. The highest BCUT2D eigenvalue weighted by atomic mass is 32.3. The molecule has 2 N–H and O–H groups in total. The summed E-state index contributed by atoms with van der Waals surface area (Å²) in [5.74, 6) is 0. The molecule has 2 unspecified atom stereocenters. The lowest BCUT2D eigenvalue weighted by Gasteiger charge is -2.26. The van der Waals surface area contributed by atoms with Crippen LogP contribution in [0.15, 0.2) is 0 Å². The Bertz CT molecular complexity index is 288. The highest BCUT2D eigenvalue weighted by Crippen LogP contribution is 1.95. The summed E-state index contributed by atoms with van der Waals surface area (Å²) in [6.45, 7) is 3.56. The van der Waals surface area contributed by atoms with Crippen LogP contribution in [-0.4, -0.2) is 91.4 Å². The Labute approximate surface area is 116 Å². The first-order valence-electron chi connectivity index (χ1n) is 5.54. The van der Waals surface area contributed by atoms with E-state index in [0.29, 0.717) is 8.97 Å². The van der Waals surface area contributed by atoms with E-state index in [-0.39, 0.29) is 12.5 Å². The van der Waals surface area contributed by atoms with Gasteiger partial charge in [0.05, 0.1) is 42.3 Å². The number of rotatable bonds is 2. The molecule has 9 heteroatoms. The molecule has 0 aromatic carbocycles. The zero-order valence-electron chi connectivity index (χ0n) is 13.0. The molecular formula is C10H28N2O6S. The number of hydrogen-bond acceptors (Lipinski definition) is 6. The van der Waals surface area contributed by atoms with E-state index in [9.17, 15) is 0 Å². The number of nitrogens with zero attached hydrogens (tertiary/aromatic N) is 2. The fourth-order valence-corrected chi connectivity index (χ4v) is 0. The maximum atomic E-state index is 8.86. The van der Waals surface area contributed by atoms with Crippen molar-refractivity contribution in [1.29, 1.82) is 0 Å². The number of aliphatic hydroxyl groups is 2. The first-order chi connectivity index (χ1) is 7.89. The van der Waals surface area contributed by atoms with Gasteiger partial charge in [0, 0.05) is 24.2 Å². The zero-order chi connectivity index (χ0) is 16.7. The minimum Gasteiger partial charge on any atom is -0.759 e. The first-order valence-corrected chi connectivity index (χ1v) is 6.87. The Morgan fingerprint density at radius 1 is 0.789 bits per heavy atom. The van der Waals surface area contributed by atoms with Gasteiger partial charge < -0.3 is 28.3 Å². The van der Waals surface area contributed by atoms with Crippen LogP contribution in [0.5, 0.6) is 0 Å². The highest BCUT2D eigenvalue weighted by molar-refractivity contribution is 7.79. The monoisotopic (exact) mass is 304 g/mol. The largest absolute Gasteiger partial charge is 0.759 e. The normalized spacial score (nSPS) is 15.4. The zero-order valence-corrected chi connectivity index (χ0v) is 13.8. The Kier molecular flexibility index (Phi) is 11.0. The van der Waals surface area contributed by atoms with E-state index in [1.807, 2.05) is 42.3 Å². The lowest BCUT2D eigenvalue weighted by Crippen LogP contribution is -2.42. The van der Waals surface area contributed by atoms with E-state index < -0.39 is 10.4 Å². The lowest BCUT2D eigenvalue weighted by molar-refractivity contribution is -0.916. The van der Waals surface area contributed by atoms with E-state index in [1.165, 1.54) is 0 Å². The van der Waals surface area contributed by atoms with Gasteiger partial charge in [0.1, 0.15) is 0 Å². The summed E-state index contributed by atoms with van der Waals surface area (Å²) in [5.41, 5.74) is 0. The van der Waals surface area contributed by atoms with Gasteiger partial charge in [0.25, 0.3) is 0 Å². The highest BCUT2D eigenvalue weighted by Gasteiger charge is 2.12. The molecule has 0 fully saturated rings. The molecule has 0 bridgehead atoms. The molecule has 0 saturated carbocycles. The van der Waals surface area contributed by atoms with Crippen molar-refractivity contribution >= 4 is 10.4 Å². The van der Waals surface area contributed by atoms with Gasteiger partial charge in [-0.1, -0.05) is 0 Å². The van der Waals surface area contributed by atoms with Crippen molar-refractivity contribution in [3.8, 4) is 0 Å². The molecule has 0 aliphatic heterocycles. The van der Waals surface area contributed by atoms with Crippen LogP contribution < -0.4 is 0 Å². The smallest absolute Gasteiger partial charge is 0.187 e. The van der Waals surface area contributed by atoms with Crippen LogP contribution in [0, 0.1) is 0 Å². The van der Waals surface area contributed by atoms with Gasteiger partial charge in [-0.15, -0.1) is 0 Å². The third-order valence-electron chi connectivity index (χ3n) is 2.24. The van der Waals surface area contributed by atoms with Crippen molar-refractivity contribution in [2.45, 2.75) is 26.3 Å². The van der Waals surface area contributed by atoms with Crippen molar-refractivity contribution in [3.63, 3.8) is 0 Å². The second-order valence-electron chi connectivity index (χ2n) is 5.90. The van der Waals surface area contributed by atoms with E-state index >= 15 is 0 Å². The van der Waals surface area contributed by atoms with Crippen LogP contribution in [-0.2, 0) is 10.4 Å². The van der Waals surface area contributed by atoms with Crippen molar-refractivity contribution in [1.82, 2.24) is 0 Å². The topological polar surface area (TPSA) is 121 Å². The molecule has 0 rings (SSSR count). The first kappa shape index (κ1) is 23.8. The maximum Gasteiger partial charge on any atom is 0.187 e. The van der Waals surface area contributed by atoms with Crippen molar-refractivity contribution in [2.75, 3.05) is 42.3 Å². The van der Waals surface area contributed by atoms with Gasteiger partial charge in [0.15, 0.2) is 12.5 Å².